The molecule has 32 heavy (non-hydrogen) atoms. The second-order valence-electron chi connectivity index (χ2n) is 6.97. The highest BCUT2D eigenvalue weighted by Crippen LogP contribution is 2.20. The zero-order chi connectivity index (χ0) is 22.6. The third kappa shape index (κ3) is 7.56. The van der Waals surface area contributed by atoms with Crippen molar-refractivity contribution < 1.29 is 14.3 Å². The van der Waals surface area contributed by atoms with E-state index in [0.717, 1.165) is 11.1 Å². The van der Waals surface area contributed by atoms with E-state index in [0.29, 0.717) is 29.5 Å². The molecule has 0 aromatic heterocycles. The number of hydrazone groups is 1. The molecule has 3 rings (SSSR count). The molecule has 164 valence electrons. The van der Waals surface area contributed by atoms with Crippen molar-refractivity contribution in [3.63, 3.8) is 0 Å². The number of carbonyl (C=O) groups excluding carboxylic acids is 2. The molecule has 6 nitrogen and oxygen atoms in total. The minimum Gasteiger partial charge on any atom is -0.488 e. The van der Waals surface area contributed by atoms with Crippen LogP contribution in [0, 0.1) is 0 Å². The van der Waals surface area contributed by atoms with Gasteiger partial charge in [0.1, 0.15) is 12.4 Å². The topological polar surface area (TPSA) is 79.8 Å². The van der Waals surface area contributed by atoms with Crippen LogP contribution in [0.4, 0.5) is 0 Å². The van der Waals surface area contributed by atoms with Crippen LogP contribution >= 0.6 is 11.6 Å². The summed E-state index contributed by atoms with van der Waals surface area (Å²) in [5, 5.41) is 7.41. The van der Waals surface area contributed by atoms with Crippen LogP contribution in [0.5, 0.6) is 5.75 Å². The summed E-state index contributed by atoms with van der Waals surface area (Å²) in [5.74, 6) is 0.0857. The molecule has 0 spiro atoms. The molecule has 0 saturated carbocycles. The maximum Gasteiger partial charge on any atom is 0.240 e. The Bertz CT molecular complexity index is 1070. The molecule has 0 aliphatic heterocycles. The molecule has 0 bridgehead atoms. The van der Waals surface area contributed by atoms with Gasteiger partial charge in [-0.2, -0.15) is 5.10 Å². The number of nitrogens with zero attached hydrogens (tertiary/aromatic N) is 1. The molecular weight excluding hydrogens is 426 g/mol. The van der Waals surface area contributed by atoms with Crippen molar-refractivity contribution in [3.05, 3.63) is 101 Å². The molecule has 0 aliphatic carbocycles. The zero-order valence-corrected chi connectivity index (χ0v) is 18.2. The van der Waals surface area contributed by atoms with Gasteiger partial charge < -0.3 is 10.1 Å². The highest BCUT2D eigenvalue weighted by Gasteiger charge is 2.07. The Kier molecular flexibility index (Phi) is 8.83. The highest BCUT2D eigenvalue weighted by molar-refractivity contribution is 6.31. The Balaban J connectivity index is 1.43. The standard InChI is InChI=1S/C25H24ClN3O3/c26-22-12-6-4-11-21(22)18-32-23-13-7-5-10-20(23)17-28-29-25(31)15-14-24(30)27-16-19-8-2-1-3-9-19/h1-13,17H,14-16,18H2,(H,27,30)(H,29,31)/b28-17+. The van der Waals surface area contributed by atoms with Gasteiger partial charge >= 0.3 is 0 Å². The Hall–Kier alpha value is -3.64. The number of para-hydroxylation sites is 1. The second kappa shape index (κ2) is 12.3. The number of rotatable bonds is 10. The van der Waals surface area contributed by atoms with E-state index in [1.165, 1.54) is 6.21 Å². The van der Waals surface area contributed by atoms with Crippen molar-refractivity contribution in [1.82, 2.24) is 10.7 Å². The average Bonchev–Trinajstić information content (AvgIpc) is 2.82. The first-order valence-corrected chi connectivity index (χ1v) is 10.6. The van der Waals surface area contributed by atoms with Crippen LogP contribution in [0.25, 0.3) is 0 Å². The number of hydrogen-bond donors (Lipinski definition) is 2. The third-order valence-corrected chi connectivity index (χ3v) is 4.93. The van der Waals surface area contributed by atoms with Gasteiger partial charge in [-0.1, -0.05) is 72.3 Å². The summed E-state index contributed by atoms with van der Waals surface area (Å²) >= 11 is 6.17. The Morgan fingerprint density at radius 2 is 1.56 bits per heavy atom. The molecule has 7 heteroatoms. The van der Waals surface area contributed by atoms with E-state index in [1.807, 2.05) is 78.9 Å². The quantitative estimate of drug-likeness (QED) is 0.354. The van der Waals surface area contributed by atoms with Crippen LogP contribution in [0.3, 0.4) is 0 Å². The molecule has 2 amide bonds. The Morgan fingerprint density at radius 3 is 2.38 bits per heavy atom. The molecule has 0 aliphatic rings. The normalized spacial score (nSPS) is 10.7. The SMILES string of the molecule is O=C(CCC(=O)N/N=C/c1ccccc1OCc1ccccc1Cl)NCc1ccccc1. The first-order valence-electron chi connectivity index (χ1n) is 10.2. The fourth-order valence-electron chi connectivity index (χ4n) is 2.83. The van der Waals surface area contributed by atoms with Gasteiger partial charge in [0.05, 0.1) is 6.21 Å². The summed E-state index contributed by atoms with van der Waals surface area (Å²) in [6.07, 6.45) is 1.64. The molecular formula is C25H24ClN3O3. The number of halogens is 1. The third-order valence-electron chi connectivity index (χ3n) is 4.56. The fraction of sp³-hybridized carbons (Fsp3) is 0.160. The highest BCUT2D eigenvalue weighted by atomic mass is 35.5. The first-order chi connectivity index (χ1) is 15.6. The van der Waals surface area contributed by atoms with Crippen LogP contribution in [-0.2, 0) is 22.7 Å². The van der Waals surface area contributed by atoms with E-state index in [9.17, 15) is 9.59 Å². The molecule has 0 heterocycles. The van der Waals surface area contributed by atoms with Crippen LogP contribution in [-0.4, -0.2) is 18.0 Å². The molecule has 0 atom stereocenters. The van der Waals surface area contributed by atoms with Gasteiger partial charge in [0, 0.05) is 35.5 Å². The number of nitrogens with one attached hydrogen (secondary N) is 2. The zero-order valence-electron chi connectivity index (χ0n) is 17.5. The number of benzene rings is 3. The lowest BCUT2D eigenvalue weighted by Crippen LogP contribution is -2.25. The Labute approximate surface area is 192 Å². The lowest BCUT2D eigenvalue weighted by atomic mass is 10.2. The molecule has 0 radical (unpaired) electrons. The summed E-state index contributed by atoms with van der Waals surface area (Å²) in [4.78, 5) is 23.9. The van der Waals surface area contributed by atoms with Gasteiger partial charge in [-0.05, 0) is 23.8 Å². The molecule has 0 fully saturated rings. The van der Waals surface area contributed by atoms with Crippen molar-refractivity contribution >= 4 is 29.6 Å². The van der Waals surface area contributed by atoms with Crippen molar-refractivity contribution in [2.45, 2.75) is 26.0 Å². The van der Waals surface area contributed by atoms with Crippen molar-refractivity contribution in [2.75, 3.05) is 0 Å². The summed E-state index contributed by atoms with van der Waals surface area (Å²) in [7, 11) is 0. The number of ether oxygens (including phenoxy) is 1. The van der Waals surface area contributed by atoms with Crippen molar-refractivity contribution in [3.8, 4) is 5.75 Å². The van der Waals surface area contributed by atoms with E-state index in [-0.39, 0.29) is 24.7 Å². The van der Waals surface area contributed by atoms with E-state index in [4.69, 9.17) is 16.3 Å². The maximum atomic E-state index is 12.0. The summed E-state index contributed by atoms with van der Waals surface area (Å²) in [5.41, 5.74) is 5.03. The smallest absolute Gasteiger partial charge is 0.240 e. The van der Waals surface area contributed by atoms with E-state index in [2.05, 4.69) is 15.8 Å². The summed E-state index contributed by atoms with van der Waals surface area (Å²) in [6, 6.07) is 24.4. The van der Waals surface area contributed by atoms with E-state index >= 15 is 0 Å². The van der Waals surface area contributed by atoms with Gasteiger partial charge in [0.25, 0.3) is 0 Å². The van der Waals surface area contributed by atoms with Crippen molar-refractivity contribution in [2.24, 2.45) is 5.10 Å². The number of amides is 2. The molecule has 2 N–H and O–H groups in total. The predicted octanol–water partition coefficient (Wildman–Crippen LogP) is 4.47. The van der Waals surface area contributed by atoms with Crippen LogP contribution in [0.1, 0.15) is 29.5 Å². The summed E-state index contributed by atoms with van der Waals surface area (Å²) < 4.78 is 5.86. The maximum absolute atomic E-state index is 12.0. The van der Waals surface area contributed by atoms with Crippen LogP contribution in [0.15, 0.2) is 84.0 Å². The predicted molar refractivity (Wildman–Crippen MR) is 125 cm³/mol. The monoisotopic (exact) mass is 449 g/mol. The fourth-order valence-corrected chi connectivity index (χ4v) is 3.02. The minimum atomic E-state index is -0.342. The van der Waals surface area contributed by atoms with Crippen molar-refractivity contribution in [1.29, 1.82) is 0 Å². The molecule has 3 aromatic rings. The lowest BCUT2D eigenvalue weighted by Gasteiger charge is -2.10. The van der Waals surface area contributed by atoms with Gasteiger partial charge in [0.15, 0.2) is 0 Å². The average molecular weight is 450 g/mol. The second-order valence-corrected chi connectivity index (χ2v) is 7.38. The lowest BCUT2D eigenvalue weighted by molar-refractivity contribution is -0.126. The first kappa shape index (κ1) is 23.0. The van der Waals surface area contributed by atoms with Gasteiger partial charge in [-0.15, -0.1) is 0 Å². The molecule has 0 unspecified atom stereocenters. The van der Waals surface area contributed by atoms with Gasteiger partial charge in [0.2, 0.25) is 11.8 Å². The number of hydrogen-bond acceptors (Lipinski definition) is 4. The largest absolute Gasteiger partial charge is 0.488 e. The van der Waals surface area contributed by atoms with Gasteiger partial charge in [-0.3, -0.25) is 9.59 Å². The molecule has 3 aromatic carbocycles. The van der Waals surface area contributed by atoms with Crippen LogP contribution < -0.4 is 15.5 Å². The summed E-state index contributed by atoms with van der Waals surface area (Å²) in [6.45, 7) is 0.749. The molecule has 0 saturated heterocycles. The van der Waals surface area contributed by atoms with Gasteiger partial charge in [-0.25, -0.2) is 5.43 Å². The van der Waals surface area contributed by atoms with E-state index in [1.54, 1.807) is 0 Å². The minimum absolute atomic E-state index is 0.0443. The van der Waals surface area contributed by atoms with Crippen LogP contribution in [0.2, 0.25) is 5.02 Å². The van der Waals surface area contributed by atoms with E-state index < -0.39 is 0 Å². The Morgan fingerprint density at radius 1 is 0.875 bits per heavy atom. The number of carbonyl (C=O) groups is 2.